The first kappa shape index (κ1) is 22.5. The highest BCUT2D eigenvalue weighted by atomic mass is 35.5. The maximum atomic E-state index is 13.6. The number of aromatic nitrogens is 3. The second-order valence-corrected chi connectivity index (χ2v) is 8.65. The van der Waals surface area contributed by atoms with Gasteiger partial charge in [0.15, 0.2) is 5.76 Å². The molecule has 3 heterocycles. The number of methoxy groups -OCH3 is 1. The van der Waals surface area contributed by atoms with Gasteiger partial charge in [0.25, 0.3) is 0 Å². The summed E-state index contributed by atoms with van der Waals surface area (Å²) in [6.07, 6.45) is 3.00. The molecule has 5 aromatic rings. The highest BCUT2D eigenvalue weighted by Gasteiger charge is 2.26. The molecule has 0 aliphatic rings. The number of ether oxygens (including phenoxy) is 1. The number of hydrogen-bond donors (Lipinski definition) is 0. The third-order valence-corrected chi connectivity index (χ3v) is 6.37. The Morgan fingerprint density at radius 1 is 1.06 bits per heavy atom. The van der Waals surface area contributed by atoms with Crippen LogP contribution in [0.2, 0.25) is 15.2 Å². The Balaban J connectivity index is 1.62. The van der Waals surface area contributed by atoms with Gasteiger partial charge < -0.3 is 13.7 Å². The summed E-state index contributed by atoms with van der Waals surface area (Å²) in [4.78, 5) is 22.0. The summed E-state index contributed by atoms with van der Waals surface area (Å²) in [6.45, 7) is 0.334. The summed E-state index contributed by atoms with van der Waals surface area (Å²) >= 11 is 19.3. The van der Waals surface area contributed by atoms with E-state index in [1.54, 1.807) is 49.7 Å². The number of halogens is 3. The molecular weight excluding hydrogens is 497 g/mol. The number of nitrogens with zero attached hydrogens (tertiary/aromatic N) is 3. The molecule has 0 aliphatic heterocycles. The van der Waals surface area contributed by atoms with Gasteiger partial charge in [0.1, 0.15) is 16.6 Å². The van der Waals surface area contributed by atoms with Crippen LogP contribution < -0.4 is 4.74 Å². The second kappa shape index (κ2) is 9.14. The van der Waals surface area contributed by atoms with Crippen LogP contribution in [0.25, 0.3) is 22.5 Å². The van der Waals surface area contributed by atoms with E-state index in [1.807, 2.05) is 22.8 Å². The van der Waals surface area contributed by atoms with Gasteiger partial charge in [0.05, 0.1) is 30.9 Å². The zero-order valence-electron chi connectivity index (χ0n) is 17.8. The van der Waals surface area contributed by atoms with Crippen LogP contribution in [0.3, 0.4) is 0 Å². The number of fused-ring (bicyclic) bond motifs is 1. The van der Waals surface area contributed by atoms with E-state index in [4.69, 9.17) is 44.0 Å². The highest BCUT2D eigenvalue weighted by Crippen LogP contribution is 2.36. The summed E-state index contributed by atoms with van der Waals surface area (Å²) < 4.78 is 12.9. The Kier molecular flexibility index (Phi) is 6.04. The molecule has 6 nitrogen and oxygen atoms in total. The van der Waals surface area contributed by atoms with E-state index < -0.39 is 5.78 Å². The lowest BCUT2D eigenvalue weighted by atomic mass is 10.1. The topological polar surface area (TPSA) is 70.2 Å². The maximum Gasteiger partial charge on any atom is 0.245 e. The lowest BCUT2D eigenvalue weighted by Gasteiger charge is -2.10. The molecule has 0 fully saturated rings. The second-order valence-electron chi connectivity index (χ2n) is 7.44. The van der Waals surface area contributed by atoms with Gasteiger partial charge in [-0.1, -0.05) is 46.9 Å². The summed E-state index contributed by atoms with van der Waals surface area (Å²) in [5, 5.41) is 1.90. The van der Waals surface area contributed by atoms with Crippen molar-refractivity contribution in [1.29, 1.82) is 0 Å². The number of pyridine rings is 1. The van der Waals surface area contributed by atoms with Crippen LogP contribution in [-0.2, 0) is 6.54 Å². The number of oxazole rings is 1. The van der Waals surface area contributed by atoms with E-state index in [2.05, 4.69) is 9.97 Å². The lowest BCUT2D eigenvalue weighted by molar-refractivity contribution is 0.101. The first-order valence-electron chi connectivity index (χ1n) is 10.2. The molecule has 170 valence electrons. The van der Waals surface area contributed by atoms with Crippen molar-refractivity contribution in [3.05, 3.63) is 99.1 Å². The third-order valence-electron chi connectivity index (χ3n) is 5.39. The van der Waals surface area contributed by atoms with Crippen LogP contribution in [0, 0.1) is 0 Å². The molecule has 0 bridgehead atoms. The predicted octanol–water partition coefficient (Wildman–Crippen LogP) is 6.94. The van der Waals surface area contributed by atoms with Crippen molar-refractivity contribution >= 4 is 51.5 Å². The minimum absolute atomic E-state index is 0.0500. The van der Waals surface area contributed by atoms with Crippen LogP contribution in [0.4, 0.5) is 0 Å². The predicted molar refractivity (Wildman–Crippen MR) is 132 cm³/mol. The Morgan fingerprint density at radius 2 is 1.91 bits per heavy atom. The number of rotatable bonds is 6. The van der Waals surface area contributed by atoms with Gasteiger partial charge in [0.2, 0.25) is 11.7 Å². The van der Waals surface area contributed by atoms with E-state index in [1.165, 1.54) is 6.20 Å². The van der Waals surface area contributed by atoms with Gasteiger partial charge in [-0.25, -0.2) is 4.98 Å². The first-order valence-corrected chi connectivity index (χ1v) is 11.3. The van der Waals surface area contributed by atoms with Crippen LogP contribution in [-0.4, -0.2) is 27.4 Å². The van der Waals surface area contributed by atoms with Crippen LogP contribution >= 0.6 is 34.8 Å². The lowest BCUT2D eigenvalue weighted by Crippen LogP contribution is -2.03. The molecular formula is C25H16Cl3N3O3. The van der Waals surface area contributed by atoms with Crippen molar-refractivity contribution in [1.82, 2.24) is 14.5 Å². The highest BCUT2D eigenvalue weighted by molar-refractivity contribution is 6.37. The number of carbonyl (C=O) groups excluding carboxylic acids is 1. The molecule has 9 heteroatoms. The summed E-state index contributed by atoms with van der Waals surface area (Å²) in [5.74, 6) is 0.480. The standard InChI is InChI=1S/C25H16Cl3N3O3/c1-33-16-7-8-20-17(11-16)22(24(28)31(20)13-14-5-6-15(26)10-18(14)27)23(32)21-12-30-25(34-21)19-4-2-3-9-29-19/h2-12H,13H2,1H3. The third kappa shape index (κ3) is 4.05. The Hall–Kier alpha value is -3.32. The van der Waals surface area contributed by atoms with Crippen molar-refractivity contribution in [2.75, 3.05) is 7.11 Å². The molecule has 0 atom stereocenters. The molecule has 3 aromatic heterocycles. The molecule has 2 aromatic carbocycles. The minimum Gasteiger partial charge on any atom is -0.497 e. The molecule has 0 amide bonds. The van der Waals surface area contributed by atoms with E-state index in [0.717, 1.165) is 11.1 Å². The Labute approximate surface area is 209 Å². The van der Waals surface area contributed by atoms with Crippen molar-refractivity contribution in [2.24, 2.45) is 0 Å². The minimum atomic E-state index is -0.404. The number of hydrogen-bond acceptors (Lipinski definition) is 5. The zero-order valence-corrected chi connectivity index (χ0v) is 20.0. The van der Waals surface area contributed by atoms with E-state index in [0.29, 0.717) is 33.4 Å². The molecule has 0 aliphatic carbocycles. The van der Waals surface area contributed by atoms with Gasteiger partial charge in [-0.15, -0.1) is 0 Å². The van der Waals surface area contributed by atoms with E-state index in [9.17, 15) is 4.79 Å². The van der Waals surface area contributed by atoms with Crippen LogP contribution in [0.5, 0.6) is 5.75 Å². The first-order chi connectivity index (χ1) is 16.5. The molecule has 0 N–H and O–H groups in total. The van der Waals surface area contributed by atoms with E-state index in [-0.39, 0.29) is 22.4 Å². The Morgan fingerprint density at radius 3 is 2.65 bits per heavy atom. The van der Waals surface area contributed by atoms with Gasteiger partial charge in [-0.2, -0.15) is 0 Å². The average Bonchev–Trinajstić information content (AvgIpc) is 3.44. The normalized spacial score (nSPS) is 11.2. The largest absolute Gasteiger partial charge is 0.497 e. The smallest absolute Gasteiger partial charge is 0.245 e. The zero-order chi connectivity index (χ0) is 23.8. The summed E-state index contributed by atoms with van der Waals surface area (Å²) in [7, 11) is 1.56. The van der Waals surface area contributed by atoms with Gasteiger partial charge in [-0.3, -0.25) is 9.78 Å². The van der Waals surface area contributed by atoms with Crippen molar-refractivity contribution in [3.8, 4) is 17.3 Å². The van der Waals surface area contributed by atoms with Gasteiger partial charge in [0, 0.05) is 21.6 Å². The number of carbonyl (C=O) groups is 1. The fourth-order valence-electron chi connectivity index (χ4n) is 3.73. The average molecular weight is 513 g/mol. The molecule has 0 spiro atoms. The van der Waals surface area contributed by atoms with Crippen LogP contribution in [0.15, 0.2) is 71.4 Å². The molecule has 0 radical (unpaired) electrons. The van der Waals surface area contributed by atoms with Crippen molar-refractivity contribution in [2.45, 2.75) is 6.54 Å². The van der Waals surface area contributed by atoms with Crippen molar-refractivity contribution < 1.29 is 13.9 Å². The van der Waals surface area contributed by atoms with Crippen molar-refractivity contribution in [3.63, 3.8) is 0 Å². The fraction of sp³-hybridized carbons (Fsp3) is 0.0800. The van der Waals surface area contributed by atoms with Crippen LogP contribution in [0.1, 0.15) is 21.7 Å². The molecule has 0 unspecified atom stereocenters. The van der Waals surface area contributed by atoms with E-state index >= 15 is 0 Å². The molecule has 34 heavy (non-hydrogen) atoms. The molecule has 5 rings (SSSR count). The maximum absolute atomic E-state index is 13.6. The SMILES string of the molecule is COc1ccc2c(c1)c(C(=O)c1cnc(-c3ccccn3)o1)c(Cl)n2Cc1ccc(Cl)cc1Cl. The monoisotopic (exact) mass is 511 g/mol. The quantitative estimate of drug-likeness (QED) is 0.230. The Bertz CT molecular complexity index is 1530. The molecule has 0 saturated carbocycles. The number of ketones is 1. The molecule has 0 saturated heterocycles. The number of benzene rings is 2. The van der Waals surface area contributed by atoms with Gasteiger partial charge in [-0.05, 0) is 48.0 Å². The van der Waals surface area contributed by atoms with Gasteiger partial charge >= 0.3 is 0 Å². The summed E-state index contributed by atoms with van der Waals surface area (Å²) in [5.41, 5.74) is 2.35. The summed E-state index contributed by atoms with van der Waals surface area (Å²) in [6, 6.07) is 16.0. The fourth-order valence-corrected chi connectivity index (χ4v) is 4.54.